The molecule has 0 unspecified atom stereocenters. The Morgan fingerprint density at radius 2 is 1.81 bits per heavy atom. The molecule has 0 aliphatic heterocycles. The average molecular weight is 347 g/mol. The number of ether oxygens (including phenoxy) is 1. The molecule has 0 heterocycles. The molecule has 0 spiro atoms. The number of fused-ring (bicyclic) bond motifs is 1. The van der Waals surface area contributed by atoms with Crippen LogP contribution >= 0.6 is 0 Å². The summed E-state index contributed by atoms with van der Waals surface area (Å²) in [6.45, 7) is 4.53. The standard InChI is InChI=1S/C23H25NO2/c1-17-8-5-9-19(16-17)10-7-15-24-23(25)18(2)26-22-14-6-12-20-11-3-4-13-21(20)22/h3-6,8-9,11-14,16,18H,7,10,15H2,1-2H3,(H,24,25)/t18-/m1/s1. The van der Waals surface area contributed by atoms with Gasteiger partial charge in [0.1, 0.15) is 5.75 Å². The molecule has 26 heavy (non-hydrogen) atoms. The molecule has 1 amide bonds. The first kappa shape index (κ1) is 18.0. The van der Waals surface area contributed by atoms with Gasteiger partial charge < -0.3 is 10.1 Å². The van der Waals surface area contributed by atoms with Crippen molar-refractivity contribution in [3.8, 4) is 5.75 Å². The lowest BCUT2D eigenvalue weighted by Gasteiger charge is -2.16. The molecule has 0 aromatic heterocycles. The summed E-state index contributed by atoms with van der Waals surface area (Å²) >= 11 is 0. The Morgan fingerprint density at radius 3 is 2.65 bits per heavy atom. The van der Waals surface area contributed by atoms with Crippen molar-refractivity contribution in [3.05, 3.63) is 77.9 Å². The zero-order chi connectivity index (χ0) is 18.4. The summed E-state index contributed by atoms with van der Waals surface area (Å²) in [5, 5.41) is 5.10. The van der Waals surface area contributed by atoms with Crippen molar-refractivity contribution in [1.29, 1.82) is 0 Å². The minimum Gasteiger partial charge on any atom is -0.480 e. The second kappa shape index (κ2) is 8.52. The Bertz CT molecular complexity index is 883. The fourth-order valence-corrected chi connectivity index (χ4v) is 3.06. The van der Waals surface area contributed by atoms with E-state index in [4.69, 9.17) is 4.74 Å². The monoisotopic (exact) mass is 347 g/mol. The lowest BCUT2D eigenvalue weighted by Crippen LogP contribution is -2.37. The van der Waals surface area contributed by atoms with E-state index in [0.29, 0.717) is 6.54 Å². The molecule has 3 heteroatoms. The highest BCUT2D eigenvalue weighted by molar-refractivity contribution is 5.89. The van der Waals surface area contributed by atoms with Crippen LogP contribution < -0.4 is 10.1 Å². The van der Waals surface area contributed by atoms with Gasteiger partial charge in [0.2, 0.25) is 0 Å². The minimum absolute atomic E-state index is 0.0813. The van der Waals surface area contributed by atoms with E-state index in [1.165, 1.54) is 11.1 Å². The number of rotatable bonds is 7. The lowest BCUT2D eigenvalue weighted by molar-refractivity contribution is -0.127. The van der Waals surface area contributed by atoms with Gasteiger partial charge in [-0.25, -0.2) is 0 Å². The fourth-order valence-electron chi connectivity index (χ4n) is 3.06. The van der Waals surface area contributed by atoms with Crippen molar-refractivity contribution in [2.45, 2.75) is 32.8 Å². The Kier molecular flexibility index (Phi) is 5.90. The molecule has 134 valence electrons. The van der Waals surface area contributed by atoms with Crippen molar-refractivity contribution in [2.24, 2.45) is 0 Å². The molecule has 0 bridgehead atoms. The van der Waals surface area contributed by atoms with Crippen LogP contribution in [0.3, 0.4) is 0 Å². The van der Waals surface area contributed by atoms with Gasteiger partial charge in [-0.15, -0.1) is 0 Å². The third-order valence-corrected chi connectivity index (χ3v) is 4.45. The third-order valence-electron chi connectivity index (χ3n) is 4.45. The van der Waals surface area contributed by atoms with E-state index >= 15 is 0 Å². The summed E-state index contributed by atoms with van der Waals surface area (Å²) in [5.41, 5.74) is 2.57. The number of hydrogen-bond donors (Lipinski definition) is 1. The van der Waals surface area contributed by atoms with Crippen LogP contribution in [0.5, 0.6) is 5.75 Å². The van der Waals surface area contributed by atoms with E-state index in [2.05, 4.69) is 36.5 Å². The molecule has 0 saturated heterocycles. The fraction of sp³-hybridized carbons (Fsp3) is 0.261. The average Bonchev–Trinajstić information content (AvgIpc) is 2.65. The first-order chi connectivity index (χ1) is 12.6. The van der Waals surface area contributed by atoms with Gasteiger partial charge in [-0.05, 0) is 43.7 Å². The van der Waals surface area contributed by atoms with E-state index < -0.39 is 6.10 Å². The number of amides is 1. The lowest BCUT2D eigenvalue weighted by atomic mass is 10.1. The molecule has 0 saturated carbocycles. The molecular weight excluding hydrogens is 322 g/mol. The highest BCUT2D eigenvalue weighted by Gasteiger charge is 2.15. The Morgan fingerprint density at radius 1 is 1.04 bits per heavy atom. The van der Waals surface area contributed by atoms with Crippen LogP contribution in [0.4, 0.5) is 0 Å². The molecule has 0 aliphatic rings. The van der Waals surface area contributed by atoms with Crippen LogP contribution in [0, 0.1) is 6.92 Å². The van der Waals surface area contributed by atoms with Gasteiger partial charge in [0.05, 0.1) is 0 Å². The highest BCUT2D eigenvalue weighted by atomic mass is 16.5. The van der Waals surface area contributed by atoms with Gasteiger partial charge in [0, 0.05) is 11.9 Å². The number of benzene rings is 3. The SMILES string of the molecule is Cc1cccc(CCCNC(=O)[C@@H](C)Oc2cccc3ccccc23)c1. The Balaban J connectivity index is 1.50. The summed E-state index contributed by atoms with van der Waals surface area (Å²) in [6.07, 6.45) is 1.34. The zero-order valence-electron chi connectivity index (χ0n) is 15.4. The van der Waals surface area contributed by atoms with Gasteiger partial charge in [-0.3, -0.25) is 4.79 Å². The third kappa shape index (κ3) is 4.63. The predicted molar refractivity (Wildman–Crippen MR) is 107 cm³/mol. The maximum Gasteiger partial charge on any atom is 0.260 e. The number of carbonyl (C=O) groups excluding carboxylic acids is 1. The smallest absolute Gasteiger partial charge is 0.260 e. The van der Waals surface area contributed by atoms with Crippen LogP contribution in [0.25, 0.3) is 10.8 Å². The van der Waals surface area contributed by atoms with Crippen molar-refractivity contribution in [3.63, 3.8) is 0 Å². The molecular formula is C23H25NO2. The van der Waals surface area contributed by atoms with E-state index in [9.17, 15) is 4.79 Å². The molecule has 3 aromatic rings. The van der Waals surface area contributed by atoms with Crippen molar-refractivity contribution in [1.82, 2.24) is 5.32 Å². The maximum atomic E-state index is 12.3. The van der Waals surface area contributed by atoms with Crippen LogP contribution in [0.1, 0.15) is 24.5 Å². The first-order valence-electron chi connectivity index (χ1n) is 9.11. The quantitative estimate of drug-likeness (QED) is 0.631. The van der Waals surface area contributed by atoms with E-state index in [0.717, 1.165) is 29.4 Å². The number of aryl methyl sites for hydroxylation is 2. The topological polar surface area (TPSA) is 38.3 Å². The number of carbonyl (C=O) groups is 1. The normalized spacial score (nSPS) is 11.9. The summed E-state index contributed by atoms with van der Waals surface area (Å²) in [7, 11) is 0. The van der Waals surface area contributed by atoms with Crippen molar-refractivity contribution < 1.29 is 9.53 Å². The van der Waals surface area contributed by atoms with Gasteiger partial charge in [-0.1, -0.05) is 66.2 Å². The molecule has 0 aliphatic carbocycles. The molecule has 3 rings (SSSR count). The summed E-state index contributed by atoms with van der Waals surface area (Å²) in [6, 6.07) is 22.4. The van der Waals surface area contributed by atoms with Crippen LogP contribution in [0.2, 0.25) is 0 Å². The highest BCUT2D eigenvalue weighted by Crippen LogP contribution is 2.26. The Labute approximate surface area is 155 Å². The van der Waals surface area contributed by atoms with E-state index in [1.807, 2.05) is 42.5 Å². The molecule has 0 fully saturated rings. The first-order valence-corrected chi connectivity index (χ1v) is 9.11. The van der Waals surface area contributed by atoms with Crippen molar-refractivity contribution >= 4 is 16.7 Å². The minimum atomic E-state index is -0.528. The summed E-state index contributed by atoms with van der Waals surface area (Å²) in [5.74, 6) is 0.660. The number of nitrogens with one attached hydrogen (secondary N) is 1. The van der Waals surface area contributed by atoms with Gasteiger partial charge >= 0.3 is 0 Å². The van der Waals surface area contributed by atoms with Gasteiger partial charge in [0.15, 0.2) is 6.10 Å². The zero-order valence-corrected chi connectivity index (χ0v) is 15.4. The molecule has 1 atom stereocenters. The van der Waals surface area contributed by atoms with Crippen LogP contribution in [-0.4, -0.2) is 18.6 Å². The summed E-state index contributed by atoms with van der Waals surface area (Å²) in [4.78, 5) is 12.3. The predicted octanol–water partition coefficient (Wildman–Crippen LogP) is 4.66. The van der Waals surface area contributed by atoms with Crippen molar-refractivity contribution in [2.75, 3.05) is 6.54 Å². The van der Waals surface area contributed by atoms with E-state index in [-0.39, 0.29) is 5.91 Å². The second-order valence-corrected chi connectivity index (χ2v) is 6.62. The largest absolute Gasteiger partial charge is 0.480 e. The maximum absolute atomic E-state index is 12.3. The van der Waals surface area contributed by atoms with Crippen LogP contribution in [-0.2, 0) is 11.2 Å². The molecule has 0 radical (unpaired) electrons. The Hall–Kier alpha value is -2.81. The molecule has 3 nitrogen and oxygen atoms in total. The van der Waals surface area contributed by atoms with E-state index in [1.54, 1.807) is 6.92 Å². The second-order valence-electron chi connectivity index (χ2n) is 6.62. The number of hydrogen-bond acceptors (Lipinski definition) is 2. The van der Waals surface area contributed by atoms with Gasteiger partial charge in [0.25, 0.3) is 5.91 Å². The summed E-state index contributed by atoms with van der Waals surface area (Å²) < 4.78 is 5.91. The van der Waals surface area contributed by atoms with Gasteiger partial charge in [-0.2, -0.15) is 0 Å². The molecule has 1 N–H and O–H groups in total. The molecule has 3 aromatic carbocycles. The van der Waals surface area contributed by atoms with Crippen LogP contribution in [0.15, 0.2) is 66.7 Å².